The highest BCUT2D eigenvalue weighted by Crippen LogP contribution is 2.35. The van der Waals surface area contributed by atoms with E-state index >= 15 is 0 Å². The Hall–Kier alpha value is -2.37. The summed E-state index contributed by atoms with van der Waals surface area (Å²) in [7, 11) is 1.31. The van der Waals surface area contributed by atoms with Crippen molar-refractivity contribution >= 4 is 35.6 Å². The third-order valence-corrected chi connectivity index (χ3v) is 4.06. The molecule has 0 saturated carbocycles. The number of guanidine groups is 1. The standard InChI is InChI=1S/C19H20F3N3O3.HI/c1-26-14-5-3-12(15(10-14)19(20,21)22)11-24-18(23)25-13-4-6-16-17(9-13)28-8-2-7-27-16;/h3-6,9-10H,2,7-8,11H2,1H3,(H3,23,24,25);1H. The van der Waals surface area contributed by atoms with Crippen molar-refractivity contribution in [2.45, 2.75) is 19.1 Å². The lowest BCUT2D eigenvalue weighted by molar-refractivity contribution is -0.138. The van der Waals surface area contributed by atoms with E-state index in [2.05, 4.69) is 10.3 Å². The maximum absolute atomic E-state index is 13.3. The van der Waals surface area contributed by atoms with Crippen LogP contribution >= 0.6 is 24.0 Å². The number of rotatable bonds is 4. The second-order valence-electron chi connectivity index (χ2n) is 6.06. The molecule has 1 aliphatic heterocycles. The Labute approximate surface area is 183 Å². The monoisotopic (exact) mass is 523 g/mol. The van der Waals surface area contributed by atoms with Gasteiger partial charge < -0.3 is 25.3 Å². The third kappa shape index (κ3) is 6.05. The summed E-state index contributed by atoms with van der Waals surface area (Å²) in [5.74, 6) is 1.31. The van der Waals surface area contributed by atoms with Gasteiger partial charge in [-0.25, -0.2) is 4.99 Å². The lowest BCUT2D eigenvalue weighted by Crippen LogP contribution is -2.23. The molecule has 0 radical (unpaired) electrons. The van der Waals surface area contributed by atoms with Crippen LogP contribution in [0.1, 0.15) is 17.5 Å². The quantitative estimate of drug-likeness (QED) is 0.353. The number of methoxy groups -OCH3 is 1. The largest absolute Gasteiger partial charge is 0.497 e. The number of fused-ring (bicyclic) bond motifs is 1. The van der Waals surface area contributed by atoms with Crippen molar-refractivity contribution in [1.29, 1.82) is 0 Å². The van der Waals surface area contributed by atoms with Crippen molar-refractivity contribution in [3.05, 3.63) is 47.5 Å². The molecule has 0 spiro atoms. The zero-order valence-corrected chi connectivity index (χ0v) is 17.9. The van der Waals surface area contributed by atoms with Crippen LogP contribution < -0.4 is 25.3 Å². The average Bonchev–Trinajstić information content (AvgIpc) is 2.90. The van der Waals surface area contributed by atoms with E-state index in [1.807, 2.05) is 0 Å². The number of ether oxygens (including phenoxy) is 3. The van der Waals surface area contributed by atoms with E-state index in [1.165, 1.54) is 19.2 Å². The molecule has 29 heavy (non-hydrogen) atoms. The highest BCUT2D eigenvalue weighted by Gasteiger charge is 2.33. The Morgan fingerprint density at radius 3 is 2.55 bits per heavy atom. The topological polar surface area (TPSA) is 78.1 Å². The zero-order chi connectivity index (χ0) is 20.1. The summed E-state index contributed by atoms with van der Waals surface area (Å²) < 4.78 is 55.8. The van der Waals surface area contributed by atoms with Crippen molar-refractivity contribution in [3.63, 3.8) is 0 Å². The van der Waals surface area contributed by atoms with Gasteiger partial charge in [0.05, 0.1) is 32.4 Å². The first-order valence-corrected chi connectivity index (χ1v) is 8.57. The average molecular weight is 523 g/mol. The maximum Gasteiger partial charge on any atom is 0.416 e. The van der Waals surface area contributed by atoms with E-state index in [0.717, 1.165) is 12.5 Å². The number of alkyl halides is 3. The molecule has 2 aromatic rings. The second-order valence-corrected chi connectivity index (χ2v) is 6.06. The molecule has 158 valence electrons. The first-order valence-electron chi connectivity index (χ1n) is 8.57. The second kappa shape index (κ2) is 9.90. The molecule has 0 unspecified atom stereocenters. The Morgan fingerprint density at radius 2 is 1.86 bits per heavy atom. The molecule has 2 aromatic carbocycles. The van der Waals surface area contributed by atoms with Gasteiger partial charge in [0.1, 0.15) is 5.75 Å². The lowest BCUT2D eigenvalue weighted by Gasteiger charge is -2.14. The Morgan fingerprint density at radius 1 is 1.14 bits per heavy atom. The predicted molar refractivity (Wildman–Crippen MR) is 114 cm³/mol. The van der Waals surface area contributed by atoms with E-state index in [1.54, 1.807) is 18.2 Å². The molecule has 0 atom stereocenters. The van der Waals surface area contributed by atoms with Gasteiger partial charge in [-0.15, -0.1) is 24.0 Å². The van der Waals surface area contributed by atoms with Crippen LogP contribution in [0, 0.1) is 0 Å². The zero-order valence-electron chi connectivity index (χ0n) is 15.6. The van der Waals surface area contributed by atoms with Crippen molar-refractivity contribution in [2.75, 3.05) is 25.6 Å². The van der Waals surface area contributed by atoms with Gasteiger partial charge in [-0.1, -0.05) is 6.07 Å². The summed E-state index contributed by atoms with van der Waals surface area (Å²) in [6, 6.07) is 8.89. The van der Waals surface area contributed by atoms with E-state index in [0.29, 0.717) is 30.4 Å². The number of hydrogen-bond donors (Lipinski definition) is 2. The third-order valence-electron chi connectivity index (χ3n) is 4.06. The Kier molecular flexibility index (Phi) is 7.82. The summed E-state index contributed by atoms with van der Waals surface area (Å²) in [6.45, 7) is 0.882. The van der Waals surface area contributed by atoms with Gasteiger partial charge in [0.2, 0.25) is 0 Å². The van der Waals surface area contributed by atoms with Gasteiger partial charge in [-0.2, -0.15) is 13.2 Å². The first-order chi connectivity index (χ1) is 13.4. The number of nitrogens with zero attached hydrogens (tertiary/aromatic N) is 1. The van der Waals surface area contributed by atoms with Gasteiger partial charge in [0, 0.05) is 18.2 Å². The number of benzene rings is 2. The minimum absolute atomic E-state index is 0. The van der Waals surface area contributed by atoms with Gasteiger partial charge in [-0.3, -0.25) is 0 Å². The van der Waals surface area contributed by atoms with Crippen molar-refractivity contribution < 1.29 is 27.4 Å². The minimum Gasteiger partial charge on any atom is -0.497 e. The fourth-order valence-corrected chi connectivity index (χ4v) is 2.68. The highest BCUT2D eigenvalue weighted by atomic mass is 127. The highest BCUT2D eigenvalue weighted by molar-refractivity contribution is 14.0. The Balaban J connectivity index is 0.00000300. The number of nitrogens with two attached hydrogens (primary N) is 1. The molecule has 0 saturated heterocycles. The van der Waals surface area contributed by atoms with Crippen LogP contribution in [0.2, 0.25) is 0 Å². The van der Waals surface area contributed by atoms with Gasteiger partial charge in [-0.05, 0) is 29.8 Å². The molecule has 3 N–H and O–H groups in total. The van der Waals surface area contributed by atoms with Crippen LogP contribution in [0.5, 0.6) is 17.2 Å². The van der Waals surface area contributed by atoms with Crippen LogP contribution in [0.25, 0.3) is 0 Å². The fraction of sp³-hybridized carbons (Fsp3) is 0.316. The first kappa shape index (κ1) is 22.9. The number of aliphatic imine (C=N–C) groups is 1. The molecule has 0 aromatic heterocycles. The number of nitrogens with one attached hydrogen (secondary N) is 1. The summed E-state index contributed by atoms with van der Waals surface area (Å²) in [6.07, 6.45) is -3.74. The number of halogens is 4. The van der Waals surface area contributed by atoms with Gasteiger partial charge >= 0.3 is 6.18 Å². The van der Waals surface area contributed by atoms with E-state index in [-0.39, 0.29) is 47.8 Å². The van der Waals surface area contributed by atoms with Crippen molar-refractivity contribution in [3.8, 4) is 17.2 Å². The lowest BCUT2D eigenvalue weighted by atomic mass is 10.1. The van der Waals surface area contributed by atoms with Crippen LogP contribution in [0.4, 0.5) is 18.9 Å². The van der Waals surface area contributed by atoms with Crippen molar-refractivity contribution in [1.82, 2.24) is 0 Å². The molecule has 1 aliphatic rings. The predicted octanol–water partition coefficient (Wildman–Crippen LogP) is 4.42. The summed E-state index contributed by atoms with van der Waals surface area (Å²) >= 11 is 0. The summed E-state index contributed by atoms with van der Waals surface area (Å²) in [5.41, 5.74) is 5.62. The van der Waals surface area contributed by atoms with Gasteiger partial charge in [0.15, 0.2) is 17.5 Å². The van der Waals surface area contributed by atoms with Crippen LogP contribution in [0.3, 0.4) is 0 Å². The molecular formula is C19H21F3IN3O3. The fourth-order valence-electron chi connectivity index (χ4n) is 2.68. The normalized spacial score (nSPS) is 13.9. The molecule has 6 nitrogen and oxygen atoms in total. The molecular weight excluding hydrogens is 502 g/mol. The van der Waals surface area contributed by atoms with Crippen LogP contribution in [0.15, 0.2) is 41.4 Å². The number of hydrogen-bond acceptors (Lipinski definition) is 4. The maximum atomic E-state index is 13.3. The molecule has 1 heterocycles. The summed E-state index contributed by atoms with van der Waals surface area (Å²) in [4.78, 5) is 4.02. The smallest absolute Gasteiger partial charge is 0.416 e. The number of anilines is 1. The summed E-state index contributed by atoms with van der Waals surface area (Å²) in [5, 5.41) is 2.85. The molecule has 0 aliphatic carbocycles. The molecule has 0 amide bonds. The van der Waals surface area contributed by atoms with E-state index in [4.69, 9.17) is 19.9 Å². The molecule has 0 fully saturated rings. The SMILES string of the molecule is COc1ccc(CN=C(N)Nc2ccc3c(c2)OCCCO3)c(C(F)(F)F)c1.I. The van der Waals surface area contributed by atoms with Crippen molar-refractivity contribution in [2.24, 2.45) is 10.7 Å². The van der Waals surface area contributed by atoms with Crippen LogP contribution in [-0.4, -0.2) is 26.3 Å². The van der Waals surface area contributed by atoms with E-state index in [9.17, 15) is 13.2 Å². The Bertz CT molecular complexity index is 876. The minimum atomic E-state index is -4.52. The van der Waals surface area contributed by atoms with E-state index < -0.39 is 11.7 Å². The molecule has 0 bridgehead atoms. The van der Waals surface area contributed by atoms with Crippen LogP contribution in [-0.2, 0) is 12.7 Å². The molecule has 10 heteroatoms. The molecule has 3 rings (SSSR count). The van der Waals surface area contributed by atoms with Gasteiger partial charge in [0.25, 0.3) is 0 Å².